The molecule has 158 valence electrons. The second-order valence-electron chi connectivity index (χ2n) is 7.33. The number of halogens is 1. The van der Waals surface area contributed by atoms with E-state index in [4.69, 9.17) is 11.6 Å². The third-order valence-corrected chi connectivity index (χ3v) is 6.26. The maximum Gasteiger partial charge on any atom is 0.262 e. The fourth-order valence-corrected chi connectivity index (χ4v) is 4.32. The molecule has 3 aromatic rings. The van der Waals surface area contributed by atoms with E-state index in [-0.39, 0.29) is 22.6 Å². The Morgan fingerprint density at radius 1 is 1.20 bits per heavy atom. The van der Waals surface area contributed by atoms with Gasteiger partial charge in [-0.15, -0.1) is 0 Å². The van der Waals surface area contributed by atoms with Gasteiger partial charge in [-0.25, -0.2) is 4.98 Å². The van der Waals surface area contributed by atoms with Crippen molar-refractivity contribution in [2.45, 2.75) is 50.1 Å². The molecule has 0 aliphatic carbocycles. The number of nitrogens with zero attached hydrogens (tertiary/aromatic N) is 2. The number of benzene rings is 2. The predicted molar refractivity (Wildman–Crippen MR) is 124 cm³/mol. The SMILES string of the molecule is CCCn1c(S[C@H](C)C(=O)NC[C@H](C)c2ccccc2)nc2cc(Cl)ccc2c1=O. The average Bonchev–Trinajstić information content (AvgIpc) is 2.74. The molecular weight excluding hydrogens is 418 g/mol. The summed E-state index contributed by atoms with van der Waals surface area (Å²) in [6, 6.07) is 15.2. The Balaban J connectivity index is 1.76. The summed E-state index contributed by atoms with van der Waals surface area (Å²) < 4.78 is 1.65. The Kier molecular flexibility index (Phi) is 7.56. The maximum atomic E-state index is 12.9. The third kappa shape index (κ3) is 5.24. The fraction of sp³-hybridized carbons (Fsp3) is 0.348. The summed E-state index contributed by atoms with van der Waals surface area (Å²) in [4.78, 5) is 30.3. The van der Waals surface area contributed by atoms with Crippen LogP contribution < -0.4 is 10.9 Å². The van der Waals surface area contributed by atoms with Gasteiger partial charge in [-0.2, -0.15) is 0 Å². The number of rotatable bonds is 8. The number of hydrogen-bond donors (Lipinski definition) is 1. The lowest BCUT2D eigenvalue weighted by Crippen LogP contribution is -2.34. The molecule has 3 rings (SSSR count). The van der Waals surface area contributed by atoms with Gasteiger partial charge in [-0.1, -0.05) is 67.5 Å². The number of amides is 1. The van der Waals surface area contributed by atoms with E-state index in [0.29, 0.717) is 34.2 Å². The van der Waals surface area contributed by atoms with E-state index in [2.05, 4.69) is 29.4 Å². The van der Waals surface area contributed by atoms with Crippen molar-refractivity contribution in [3.63, 3.8) is 0 Å². The first-order chi connectivity index (χ1) is 14.4. The average molecular weight is 444 g/mol. The third-order valence-electron chi connectivity index (χ3n) is 4.93. The molecular formula is C23H26ClN3O2S. The molecule has 0 unspecified atom stereocenters. The van der Waals surface area contributed by atoms with Crippen LogP contribution in [0.4, 0.5) is 0 Å². The van der Waals surface area contributed by atoms with Gasteiger partial charge in [0.2, 0.25) is 5.91 Å². The first kappa shape index (κ1) is 22.4. The number of thioether (sulfide) groups is 1. The largest absolute Gasteiger partial charge is 0.355 e. The molecule has 1 heterocycles. The minimum Gasteiger partial charge on any atom is -0.355 e. The van der Waals surface area contributed by atoms with Crippen LogP contribution in [0, 0.1) is 0 Å². The number of nitrogens with one attached hydrogen (secondary N) is 1. The Bertz CT molecular complexity index is 1080. The zero-order valence-corrected chi connectivity index (χ0v) is 19.0. The van der Waals surface area contributed by atoms with Gasteiger partial charge >= 0.3 is 0 Å². The van der Waals surface area contributed by atoms with E-state index in [1.807, 2.05) is 32.0 Å². The minimum absolute atomic E-state index is 0.0775. The Hall–Kier alpha value is -2.31. The van der Waals surface area contributed by atoms with E-state index >= 15 is 0 Å². The molecule has 7 heteroatoms. The molecule has 2 atom stereocenters. The van der Waals surface area contributed by atoms with Crippen LogP contribution >= 0.6 is 23.4 Å². The highest BCUT2D eigenvalue weighted by atomic mass is 35.5. The van der Waals surface area contributed by atoms with Crippen LogP contribution in [0.5, 0.6) is 0 Å². The number of hydrogen-bond acceptors (Lipinski definition) is 4. The molecule has 0 saturated carbocycles. The number of carbonyl (C=O) groups excluding carboxylic acids is 1. The smallest absolute Gasteiger partial charge is 0.262 e. The van der Waals surface area contributed by atoms with Crippen LogP contribution in [0.25, 0.3) is 10.9 Å². The molecule has 1 aromatic heterocycles. The normalized spacial score (nSPS) is 13.2. The minimum atomic E-state index is -0.389. The lowest BCUT2D eigenvalue weighted by Gasteiger charge is -2.18. The highest BCUT2D eigenvalue weighted by molar-refractivity contribution is 8.00. The fourth-order valence-electron chi connectivity index (χ4n) is 3.19. The van der Waals surface area contributed by atoms with E-state index < -0.39 is 0 Å². The Morgan fingerprint density at radius 2 is 1.93 bits per heavy atom. The van der Waals surface area contributed by atoms with Gasteiger partial charge in [-0.3, -0.25) is 14.2 Å². The van der Waals surface area contributed by atoms with Crippen molar-refractivity contribution in [1.29, 1.82) is 0 Å². The highest BCUT2D eigenvalue weighted by Crippen LogP contribution is 2.24. The van der Waals surface area contributed by atoms with Crippen molar-refractivity contribution in [2.75, 3.05) is 6.54 Å². The van der Waals surface area contributed by atoms with Gasteiger partial charge < -0.3 is 5.32 Å². The standard InChI is InChI=1S/C23H26ClN3O2S/c1-4-12-27-22(29)19-11-10-18(24)13-20(19)26-23(27)30-16(3)21(28)25-14-15(2)17-8-6-5-7-9-17/h5-11,13,15-16H,4,12,14H2,1-3H3,(H,25,28)/t15-,16+/m0/s1. The molecule has 0 fully saturated rings. The molecule has 0 aliphatic heterocycles. The van der Waals surface area contributed by atoms with Crippen molar-refractivity contribution < 1.29 is 4.79 Å². The molecule has 0 spiro atoms. The molecule has 1 amide bonds. The molecule has 2 aromatic carbocycles. The van der Waals surface area contributed by atoms with E-state index in [1.165, 1.54) is 17.3 Å². The summed E-state index contributed by atoms with van der Waals surface area (Å²) in [6.45, 7) is 7.02. The number of fused-ring (bicyclic) bond motifs is 1. The van der Waals surface area contributed by atoms with Gasteiger partial charge in [0.15, 0.2) is 5.16 Å². The second-order valence-corrected chi connectivity index (χ2v) is 9.07. The van der Waals surface area contributed by atoms with Gasteiger partial charge in [-0.05, 0) is 43.0 Å². The number of carbonyl (C=O) groups is 1. The molecule has 0 saturated heterocycles. The summed E-state index contributed by atoms with van der Waals surface area (Å²) in [5, 5.41) is 4.23. The van der Waals surface area contributed by atoms with Crippen LogP contribution in [0.1, 0.15) is 38.7 Å². The first-order valence-corrected chi connectivity index (χ1v) is 11.4. The monoisotopic (exact) mass is 443 g/mol. The van der Waals surface area contributed by atoms with Crippen molar-refractivity contribution in [2.24, 2.45) is 0 Å². The van der Waals surface area contributed by atoms with Crippen molar-refractivity contribution >= 4 is 40.2 Å². The highest BCUT2D eigenvalue weighted by Gasteiger charge is 2.20. The maximum absolute atomic E-state index is 12.9. The van der Waals surface area contributed by atoms with Crippen LogP contribution in [-0.4, -0.2) is 27.3 Å². The first-order valence-electron chi connectivity index (χ1n) is 10.1. The Morgan fingerprint density at radius 3 is 2.63 bits per heavy atom. The zero-order valence-electron chi connectivity index (χ0n) is 17.4. The van der Waals surface area contributed by atoms with E-state index in [0.717, 1.165) is 6.42 Å². The van der Waals surface area contributed by atoms with Gasteiger partial charge in [0.1, 0.15) is 0 Å². The number of aromatic nitrogens is 2. The predicted octanol–water partition coefficient (Wildman–Crippen LogP) is 4.86. The lowest BCUT2D eigenvalue weighted by atomic mass is 10.0. The summed E-state index contributed by atoms with van der Waals surface area (Å²) in [5.41, 5.74) is 1.63. The molecule has 30 heavy (non-hydrogen) atoms. The second kappa shape index (κ2) is 10.1. The van der Waals surface area contributed by atoms with Crippen molar-refractivity contribution in [3.8, 4) is 0 Å². The Labute approximate surface area is 185 Å². The van der Waals surface area contributed by atoms with E-state index in [1.54, 1.807) is 22.8 Å². The summed E-state index contributed by atoms with van der Waals surface area (Å²) in [7, 11) is 0. The van der Waals surface area contributed by atoms with Gasteiger partial charge in [0.25, 0.3) is 5.56 Å². The molecule has 0 aliphatic rings. The van der Waals surface area contributed by atoms with Crippen LogP contribution in [0.15, 0.2) is 58.5 Å². The van der Waals surface area contributed by atoms with Crippen molar-refractivity contribution in [1.82, 2.24) is 14.9 Å². The molecule has 5 nitrogen and oxygen atoms in total. The van der Waals surface area contributed by atoms with Crippen molar-refractivity contribution in [3.05, 3.63) is 69.5 Å². The van der Waals surface area contributed by atoms with Crippen LogP contribution in [0.2, 0.25) is 5.02 Å². The summed E-state index contributed by atoms with van der Waals surface area (Å²) in [5.74, 6) is 0.137. The van der Waals surface area contributed by atoms with E-state index in [9.17, 15) is 9.59 Å². The quantitative estimate of drug-likeness (QED) is 0.399. The molecule has 1 N–H and O–H groups in total. The van der Waals surface area contributed by atoms with Gasteiger partial charge in [0.05, 0.1) is 16.2 Å². The topological polar surface area (TPSA) is 64.0 Å². The summed E-state index contributed by atoms with van der Waals surface area (Å²) >= 11 is 7.38. The van der Waals surface area contributed by atoms with Crippen LogP contribution in [-0.2, 0) is 11.3 Å². The molecule has 0 bridgehead atoms. The van der Waals surface area contributed by atoms with Gasteiger partial charge in [0, 0.05) is 18.1 Å². The zero-order chi connectivity index (χ0) is 21.7. The lowest BCUT2D eigenvalue weighted by molar-refractivity contribution is -0.120. The summed E-state index contributed by atoms with van der Waals surface area (Å²) in [6.07, 6.45) is 0.795. The molecule has 0 radical (unpaired) electrons. The van der Waals surface area contributed by atoms with Crippen LogP contribution in [0.3, 0.4) is 0 Å².